The van der Waals surface area contributed by atoms with E-state index in [0.29, 0.717) is 76.5 Å². The summed E-state index contributed by atoms with van der Waals surface area (Å²) in [5.41, 5.74) is 3.35. The molecular formula is C76H50Cl4O6. The molecule has 418 valence electrons. The Labute approximate surface area is 517 Å². The lowest BCUT2D eigenvalue weighted by Gasteiger charge is -2.46. The Hall–Kier alpha value is -9.34. The first-order valence-corrected chi connectivity index (χ1v) is 29.3. The second-order valence-corrected chi connectivity index (χ2v) is 22.2. The molecule has 0 amide bonds. The van der Waals surface area contributed by atoms with Crippen molar-refractivity contribution in [3.8, 4) is 68.2 Å². The lowest BCUT2D eigenvalue weighted by molar-refractivity contribution is 0.0749. The number of para-hydroxylation sites is 4. The van der Waals surface area contributed by atoms with Gasteiger partial charge in [-0.3, -0.25) is 0 Å². The van der Waals surface area contributed by atoms with E-state index in [1.807, 2.05) is 170 Å². The van der Waals surface area contributed by atoms with Crippen LogP contribution < -0.4 is 18.9 Å². The Morgan fingerprint density at radius 2 is 0.500 bits per heavy atom. The van der Waals surface area contributed by atoms with Crippen LogP contribution in [-0.4, -0.2) is 10.2 Å². The van der Waals surface area contributed by atoms with E-state index in [9.17, 15) is 10.2 Å². The highest BCUT2D eigenvalue weighted by Crippen LogP contribution is 2.57. The molecule has 1 aliphatic carbocycles. The fourth-order valence-corrected chi connectivity index (χ4v) is 12.7. The Kier molecular flexibility index (Phi) is 15.6. The van der Waals surface area contributed by atoms with E-state index < -0.39 is 11.2 Å². The molecule has 2 N–H and O–H groups in total. The summed E-state index contributed by atoms with van der Waals surface area (Å²) in [7, 11) is 0. The van der Waals surface area contributed by atoms with Gasteiger partial charge in [-0.25, -0.2) is 0 Å². The number of ether oxygens (including phenoxy) is 4. The lowest BCUT2D eigenvalue weighted by Crippen LogP contribution is -2.44. The molecule has 13 aromatic rings. The van der Waals surface area contributed by atoms with Gasteiger partial charge in [-0.2, -0.15) is 0 Å². The van der Waals surface area contributed by atoms with Crippen LogP contribution in [-0.2, 0) is 11.2 Å². The molecule has 13 aromatic carbocycles. The van der Waals surface area contributed by atoms with Gasteiger partial charge in [0.2, 0.25) is 0 Å². The number of aliphatic hydroxyl groups is 2. The predicted octanol–water partition coefficient (Wildman–Crippen LogP) is 21.7. The molecule has 0 saturated heterocycles. The first-order valence-electron chi connectivity index (χ1n) is 27.7. The molecule has 6 nitrogen and oxygen atoms in total. The Morgan fingerprint density at radius 3 is 0.802 bits per heavy atom. The number of hydrogen-bond acceptors (Lipinski definition) is 6. The van der Waals surface area contributed by atoms with E-state index in [4.69, 9.17) is 65.4 Å². The van der Waals surface area contributed by atoms with Crippen molar-refractivity contribution in [3.05, 3.63) is 345 Å². The van der Waals surface area contributed by atoms with Gasteiger partial charge in [0.25, 0.3) is 0 Å². The monoisotopic (exact) mass is 1200 g/mol. The van der Waals surface area contributed by atoms with Crippen LogP contribution in [0.15, 0.2) is 291 Å². The molecule has 0 saturated carbocycles. The number of fused-ring (bicyclic) bond motifs is 4. The highest BCUT2D eigenvalue weighted by molar-refractivity contribution is 6.42. The van der Waals surface area contributed by atoms with Crippen LogP contribution in [0.25, 0.3) is 43.8 Å². The molecule has 0 aliphatic heterocycles. The fraction of sp³-hybridized carbons (Fsp3) is 0.0263. The molecule has 10 heteroatoms. The first-order chi connectivity index (χ1) is 42.0. The van der Waals surface area contributed by atoms with Gasteiger partial charge in [0.1, 0.15) is 57.2 Å². The van der Waals surface area contributed by atoms with Crippen LogP contribution in [0.4, 0.5) is 0 Å². The van der Waals surface area contributed by atoms with Gasteiger partial charge in [0, 0.05) is 53.1 Å². The summed E-state index contributed by atoms with van der Waals surface area (Å²) >= 11 is 27.8. The van der Waals surface area contributed by atoms with Crippen molar-refractivity contribution in [3.63, 3.8) is 0 Å². The van der Waals surface area contributed by atoms with Crippen LogP contribution in [0, 0.1) is 0 Å². The van der Waals surface area contributed by atoms with E-state index in [1.165, 1.54) is 0 Å². The van der Waals surface area contributed by atoms with Crippen LogP contribution >= 0.6 is 46.4 Å². The van der Waals surface area contributed by atoms with Gasteiger partial charge < -0.3 is 29.2 Å². The number of hydrogen-bond donors (Lipinski definition) is 2. The zero-order valence-corrected chi connectivity index (χ0v) is 48.8. The third kappa shape index (κ3) is 10.7. The van der Waals surface area contributed by atoms with Gasteiger partial charge >= 0.3 is 0 Å². The van der Waals surface area contributed by atoms with Crippen LogP contribution in [0.5, 0.6) is 46.0 Å². The normalized spacial score (nSPS) is 15.0. The van der Waals surface area contributed by atoms with E-state index >= 15 is 0 Å². The highest BCUT2D eigenvalue weighted by atomic mass is 35.5. The fourth-order valence-electron chi connectivity index (χ4n) is 11.5. The zero-order valence-electron chi connectivity index (χ0n) is 45.8. The maximum Gasteiger partial charge on any atom is 0.142 e. The molecule has 2 unspecified atom stereocenters. The van der Waals surface area contributed by atoms with E-state index in [-0.39, 0.29) is 0 Å². The van der Waals surface area contributed by atoms with Gasteiger partial charge in [0.05, 0.1) is 0 Å². The molecular weight excluding hydrogens is 1150 g/mol. The molecule has 0 spiro atoms. The number of benzene rings is 13. The predicted molar refractivity (Wildman–Crippen MR) is 348 cm³/mol. The smallest absolute Gasteiger partial charge is 0.142 e. The molecule has 0 radical (unpaired) electrons. The Bertz CT molecular complexity index is 4260. The molecule has 0 aromatic heterocycles. The van der Waals surface area contributed by atoms with Gasteiger partial charge in [-0.15, -0.1) is 0 Å². The lowest BCUT2D eigenvalue weighted by atomic mass is 9.63. The number of rotatable bonds is 12. The summed E-state index contributed by atoms with van der Waals surface area (Å²) in [6.45, 7) is 0. The molecule has 14 rings (SSSR count). The minimum Gasteiger partial charge on any atom is -0.457 e. The van der Waals surface area contributed by atoms with Crippen LogP contribution in [0.1, 0.15) is 33.4 Å². The van der Waals surface area contributed by atoms with Crippen molar-refractivity contribution >= 4 is 67.9 Å². The molecule has 2 atom stereocenters. The van der Waals surface area contributed by atoms with Crippen LogP contribution in [0.2, 0.25) is 20.1 Å². The van der Waals surface area contributed by atoms with Crippen molar-refractivity contribution in [1.82, 2.24) is 0 Å². The number of halogens is 4. The minimum atomic E-state index is -1.73. The van der Waals surface area contributed by atoms with Crippen molar-refractivity contribution in [1.29, 1.82) is 0 Å². The first kappa shape index (κ1) is 55.8. The standard InChI is InChI=1S/C38H26Cl2O4.C38H24Cl2O2/c39-33-15-8-14-32-35(33)37(41,25-17-21-29(22-18-25)43-27-9-3-1-4-10-27)31-13-7-16-34(40)36(31)38(32,42)26-19-23-30(24-20-26)44-28-11-5-2-6-12-28;39-33-15-8-14-32-36(26-19-23-30(24-20-26)42-28-11-5-2-6-12-28)38-31(13-7-16-34(38)40)35(37(32)33)25-17-21-29(22-18-25)41-27-9-3-1-4-10-27/h1-24,41-42H;1-24H. The summed E-state index contributed by atoms with van der Waals surface area (Å²) in [4.78, 5) is 0. The highest BCUT2D eigenvalue weighted by Gasteiger charge is 2.53. The average molecular weight is 1200 g/mol. The minimum absolute atomic E-state index is 0.308. The largest absolute Gasteiger partial charge is 0.457 e. The quantitative estimate of drug-likeness (QED) is 0.119. The van der Waals surface area contributed by atoms with Gasteiger partial charge in [0.15, 0.2) is 0 Å². The Morgan fingerprint density at radius 1 is 0.244 bits per heavy atom. The maximum atomic E-state index is 12.8. The Balaban J connectivity index is 0.000000160. The summed E-state index contributed by atoms with van der Waals surface area (Å²) in [5, 5.41) is 31.6. The molecule has 86 heavy (non-hydrogen) atoms. The van der Waals surface area contributed by atoms with Crippen molar-refractivity contribution in [2.24, 2.45) is 0 Å². The second-order valence-electron chi connectivity index (χ2n) is 20.6. The third-order valence-electron chi connectivity index (χ3n) is 15.3. The van der Waals surface area contributed by atoms with E-state index in [0.717, 1.165) is 66.8 Å². The zero-order chi connectivity index (χ0) is 58.8. The molecule has 0 heterocycles. The van der Waals surface area contributed by atoms with E-state index in [2.05, 4.69) is 36.4 Å². The van der Waals surface area contributed by atoms with Crippen molar-refractivity contribution in [2.75, 3.05) is 0 Å². The van der Waals surface area contributed by atoms with Crippen LogP contribution in [0.3, 0.4) is 0 Å². The van der Waals surface area contributed by atoms with Crippen molar-refractivity contribution in [2.45, 2.75) is 11.2 Å². The summed E-state index contributed by atoms with van der Waals surface area (Å²) in [6.07, 6.45) is 0. The molecule has 0 fully saturated rings. The van der Waals surface area contributed by atoms with Crippen molar-refractivity contribution < 1.29 is 29.2 Å². The molecule has 1 aliphatic rings. The summed E-state index contributed by atoms with van der Waals surface area (Å²) in [6, 6.07) is 91.7. The van der Waals surface area contributed by atoms with E-state index in [1.54, 1.807) is 84.9 Å². The second kappa shape index (κ2) is 24.0. The van der Waals surface area contributed by atoms with Gasteiger partial charge in [-0.05, 0) is 165 Å². The molecule has 0 bridgehead atoms. The maximum absolute atomic E-state index is 12.8. The third-order valence-corrected chi connectivity index (χ3v) is 16.6. The summed E-state index contributed by atoms with van der Waals surface area (Å²) < 4.78 is 24.1. The average Bonchev–Trinajstić information content (AvgIpc) is 0.717. The topological polar surface area (TPSA) is 77.4 Å². The van der Waals surface area contributed by atoms with Gasteiger partial charge in [-0.1, -0.05) is 216 Å². The summed E-state index contributed by atoms with van der Waals surface area (Å²) in [5.74, 6) is 5.73. The SMILES string of the molecule is Clc1cccc2c(-c3ccc(Oc4ccccc4)cc3)c3c(Cl)cccc3c(-c3ccc(Oc4ccccc4)cc3)c12.OC1(c2ccc(Oc3ccccc3)cc2)c2cccc(Cl)c2C(O)(c2ccc(Oc3ccccc3)cc2)c2cccc(Cl)c21.